The first-order valence-electron chi connectivity index (χ1n) is 14.5. The summed E-state index contributed by atoms with van der Waals surface area (Å²) < 4.78 is 0. The Morgan fingerprint density at radius 2 is 0.902 bits per heavy atom. The number of rotatable bonds is 3. The minimum absolute atomic E-state index is 0.0489. The van der Waals surface area contributed by atoms with Crippen molar-refractivity contribution in [2.24, 2.45) is 0 Å². The molecule has 0 nitrogen and oxygen atoms in total. The Kier molecular flexibility index (Phi) is 5.27. The van der Waals surface area contributed by atoms with E-state index in [0.717, 1.165) is 0 Å². The van der Waals surface area contributed by atoms with Gasteiger partial charge in [-0.25, -0.2) is 0 Å². The summed E-state index contributed by atoms with van der Waals surface area (Å²) in [5.74, 6) is 0. The molecule has 0 saturated heterocycles. The lowest BCUT2D eigenvalue weighted by Gasteiger charge is -2.23. The van der Waals surface area contributed by atoms with Crippen molar-refractivity contribution < 1.29 is 0 Å². The fraction of sp³-hybridized carbons (Fsp3) is 0.0732. The standard InChI is InChI=1S/C41H30/c1-41(2)36-22-12-11-20-33(36)40-34(21-13-23-37(40)41)39-31-19-10-9-18-30(31)38(28-16-7-4-8-17-28)32-25-24-29(26-35(32)39)27-14-5-3-6-15-27/h3-26H,1-2H3. The van der Waals surface area contributed by atoms with E-state index < -0.39 is 0 Å². The predicted molar refractivity (Wildman–Crippen MR) is 175 cm³/mol. The van der Waals surface area contributed by atoms with Crippen molar-refractivity contribution in [3.63, 3.8) is 0 Å². The average Bonchev–Trinajstić information content (AvgIpc) is 3.27. The molecule has 194 valence electrons. The highest BCUT2D eigenvalue weighted by atomic mass is 14.4. The van der Waals surface area contributed by atoms with Crippen LogP contribution in [-0.2, 0) is 5.41 Å². The van der Waals surface area contributed by atoms with Gasteiger partial charge in [0.25, 0.3) is 0 Å². The molecule has 0 fully saturated rings. The lowest BCUT2D eigenvalue weighted by Crippen LogP contribution is -2.14. The number of benzene rings is 7. The van der Waals surface area contributed by atoms with Crippen LogP contribution in [-0.4, -0.2) is 0 Å². The third-order valence-electron chi connectivity index (χ3n) is 9.07. The lowest BCUT2D eigenvalue weighted by atomic mass is 9.80. The van der Waals surface area contributed by atoms with E-state index in [-0.39, 0.29) is 5.41 Å². The second kappa shape index (κ2) is 9.04. The van der Waals surface area contributed by atoms with Gasteiger partial charge in [0.15, 0.2) is 0 Å². The molecule has 0 spiro atoms. The van der Waals surface area contributed by atoms with E-state index in [2.05, 4.69) is 159 Å². The number of fused-ring (bicyclic) bond motifs is 5. The molecule has 0 radical (unpaired) electrons. The van der Waals surface area contributed by atoms with Crippen LogP contribution in [0, 0.1) is 0 Å². The van der Waals surface area contributed by atoms with E-state index >= 15 is 0 Å². The molecule has 7 aromatic carbocycles. The van der Waals surface area contributed by atoms with Crippen LogP contribution in [0.15, 0.2) is 146 Å². The quantitative estimate of drug-likeness (QED) is 0.202. The summed E-state index contributed by atoms with van der Waals surface area (Å²) in [6, 6.07) is 53.6. The topological polar surface area (TPSA) is 0 Å². The van der Waals surface area contributed by atoms with Crippen LogP contribution in [0.1, 0.15) is 25.0 Å². The highest BCUT2D eigenvalue weighted by Gasteiger charge is 2.37. The lowest BCUT2D eigenvalue weighted by molar-refractivity contribution is 0.660. The molecule has 41 heavy (non-hydrogen) atoms. The van der Waals surface area contributed by atoms with Gasteiger partial charge in [-0.3, -0.25) is 0 Å². The van der Waals surface area contributed by atoms with Crippen molar-refractivity contribution in [1.29, 1.82) is 0 Å². The maximum atomic E-state index is 2.42. The Hall–Kier alpha value is -4.94. The first-order valence-corrected chi connectivity index (χ1v) is 14.5. The smallest absolute Gasteiger partial charge is 0.0159 e. The van der Waals surface area contributed by atoms with Gasteiger partial charge < -0.3 is 0 Å². The first kappa shape index (κ1) is 23.9. The minimum Gasteiger partial charge on any atom is -0.0622 e. The highest BCUT2D eigenvalue weighted by molar-refractivity contribution is 6.23. The summed E-state index contributed by atoms with van der Waals surface area (Å²) in [5.41, 5.74) is 13.1. The van der Waals surface area contributed by atoms with E-state index in [9.17, 15) is 0 Å². The third kappa shape index (κ3) is 3.54. The van der Waals surface area contributed by atoms with Crippen molar-refractivity contribution >= 4 is 21.5 Å². The van der Waals surface area contributed by atoms with Crippen LogP contribution in [0.5, 0.6) is 0 Å². The first-order chi connectivity index (χ1) is 20.1. The van der Waals surface area contributed by atoms with Crippen molar-refractivity contribution in [3.8, 4) is 44.5 Å². The molecular formula is C41H30. The largest absolute Gasteiger partial charge is 0.0622 e. The summed E-state index contributed by atoms with van der Waals surface area (Å²) in [4.78, 5) is 0. The van der Waals surface area contributed by atoms with E-state index in [1.807, 2.05) is 0 Å². The summed E-state index contributed by atoms with van der Waals surface area (Å²) in [6.07, 6.45) is 0. The second-order valence-corrected chi connectivity index (χ2v) is 11.7. The SMILES string of the molecule is CC1(C)c2ccccc2-c2c(-c3c4ccccc4c(-c4ccccc4)c4ccc(-c5ccccc5)cc34)cccc21. The van der Waals surface area contributed by atoms with E-state index in [4.69, 9.17) is 0 Å². The van der Waals surface area contributed by atoms with Gasteiger partial charge in [-0.1, -0.05) is 153 Å². The Labute approximate surface area is 241 Å². The zero-order chi connectivity index (χ0) is 27.6. The van der Waals surface area contributed by atoms with Gasteiger partial charge in [0.2, 0.25) is 0 Å². The van der Waals surface area contributed by atoms with Crippen LogP contribution in [0.25, 0.3) is 66.1 Å². The van der Waals surface area contributed by atoms with Crippen LogP contribution < -0.4 is 0 Å². The summed E-state index contributed by atoms with van der Waals surface area (Å²) >= 11 is 0. The zero-order valence-electron chi connectivity index (χ0n) is 23.4. The molecule has 0 heterocycles. The Bertz CT molecular complexity index is 2100. The molecule has 1 aliphatic rings. The van der Waals surface area contributed by atoms with Crippen molar-refractivity contribution in [2.75, 3.05) is 0 Å². The summed E-state index contributed by atoms with van der Waals surface area (Å²) in [5, 5.41) is 5.16. The molecule has 0 amide bonds. The second-order valence-electron chi connectivity index (χ2n) is 11.7. The molecular weight excluding hydrogens is 492 g/mol. The van der Waals surface area contributed by atoms with Crippen LogP contribution in [0.3, 0.4) is 0 Å². The molecule has 0 atom stereocenters. The fourth-order valence-corrected chi connectivity index (χ4v) is 7.16. The molecule has 7 aromatic rings. The molecule has 8 rings (SSSR count). The molecule has 0 unspecified atom stereocenters. The minimum atomic E-state index is -0.0489. The van der Waals surface area contributed by atoms with E-state index in [1.165, 1.54) is 77.2 Å². The van der Waals surface area contributed by atoms with Crippen molar-refractivity contribution in [1.82, 2.24) is 0 Å². The molecule has 0 bridgehead atoms. The van der Waals surface area contributed by atoms with Gasteiger partial charge in [-0.2, -0.15) is 0 Å². The summed E-state index contributed by atoms with van der Waals surface area (Å²) in [7, 11) is 0. The van der Waals surface area contributed by atoms with E-state index in [1.54, 1.807) is 0 Å². The number of hydrogen-bond donors (Lipinski definition) is 0. The van der Waals surface area contributed by atoms with Crippen LogP contribution >= 0.6 is 0 Å². The highest BCUT2D eigenvalue weighted by Crippen LogP contribution is 2.54. The monoisotopic (exact) mass is 522 g/mol. The molecule has 1 aliphatic carbocycles. The predicted octanol–water partition coefficient (Wildman–Crippen LogP) is 11.3. The van der Waals surface area contributed by atoms with Gasteiger partial charge in [-0.05, 0) is 83.2 Å². The Morgan fingerprint density at radius 1 is 0.341 bits per heavy atom. The van der Waals surface area contributed by atoms with Gasteiger partial charge in [0.05, 0.1) is 0 Å². The zero-order valence-corrected chi connectivity index (χ0v) is 23.4. The maximum absolute atomic E-state index is 2.42. The van der Waals surface area contributed by atoms with Gasteiger partial charge >= 0.3 is 0 Å². The van der Waals surface area contributed by atoms with Gasteiger partial charge in [0, 0.05) is 5.41 Å². The number of hydrogen-bond acceptors (Lipinski definition) is 0. The molecule has 0 N–H and O–H groups in total. The van der Waals surface area contributed by atoms with Gasteiger partial charge in [0.1, 0.15) is 0 Å². The fourth-order valence-electron chi connectivity index (χ4n) is 7.16. The third-order valence-corrected chi connectivity index (χ3v) is 9.07. The van der Waals surface area contributed by atoms with Crippen LogP contribution in [0.4, 0.5) is 0 Å². The Balaban J connectivity index is 1.56. The van der Waals surface area contributed by atoms with E-state index in [0.29, 0.717) is 0 Å². The van der Waals surface area contributed by atoms with Crippen LogP contribution in [0.2, 0.25) is 0 Å². The molecule has 0 saturated carbocycles. The molecule has 0 aliphatic heterocycles. The normalized spacial score (nSPS) is 13.3. The molecule has 0 heteroatoms. The molecule has 0 aromatic heterocycles. The maximum Gasteiger partial charge on any atom is 0.0159 e. The average molecular weight is 523 g/mol. The van der Waals surface area contributed by atoms with Crippen molar-refractivity contribution in [2.45, 2.75) is 19.3 Å². The van der Waals surface area contributed by atoms with Gasteiger partial charge in [-0.15, -0.1) is 0 Å². The van der Waals surface area contributed by atoms with Crippen molar-refractivity contribution in [3.05, 3.63) is 157 Å². The Morgan fingerprint density at radius 3 is 1.66 bits per heavy atom. The summed E-state index contributed by atoms with van der Waals surface area (Å²) in [6.45, 7) is 4.73.